The fourth-order valence-electron chi connectivity index (χ4n) is 3.18. The summed E-state index contributed by atoms with van der Waals surface area (Å²) in [6.07, 6.45) is 1.81. The monoisotopic (exact) mass is 468 g/mol. The average Bonchev–Trinajstić information content (AvgIpc) is 3.40. The van der Waals surface area contributed by atoms with E-state index in [1.54, 1.807) is 6.07 Å². The van der Waals surface area contributed by atoms with Crippen molar-refractivity contribution < 1.29 is 18.0 Å². The second-order valence-electron chi connectivity index (χ2n) is 7.07. The summed E-state index contributed by atoms with van der Waals surface area (Å²) in [5, 5.41) is 6.04. The minimum Gasteiger partial charge on any atom is -0.360 e. The van der Waals surface area contributed by atoms with E-state index in [4.69, 9.17) is 0 Å². The van der Waals surface area contributed by atoms with Gasteiger partial charge in [-0.25, -0.2) is 18.1 Å². The van der Waals surface area contributed by atoms with Gasteiger partial charge in [0, 0.05) is 46.6 Å². The number of hydrogen-bond donors (Lipinski definition) is 3. The van der Waals surface area contributed by atoms with E-state index in [0.29, 0.717) is 10.7 Å². The third-order valence-electron chi connectivity index (χ3n) is 4.81. The molecule has 8 nitrogen and oxygen atoms in total. The molecule has 0 radical (unpaired) electrons. The van der Waals surface area contributed by atoms with Crippen LogP contribution >= 0.6 is 11.3 Å². The van der Waals surface area contributed by atoms with Gasteiger partial charge >= 0.3 is 0 Å². The molecule has 0 aliphatic heterocycles. The number of para-hydroxylation sites is 1. The minimum absolute atomic E-state index is 0.0195. The topological polar surface area (TPSA) is 121 Å². The normalized spacial score (nSPS) is 11.5. The van der Waals surface area contributed by atoms with Gasteiger partial charge in [0.15, 0.2) is 10.9 Å². The molecule has 2 heterocycles. The number of sulfonamides is 1. The highest BCUT2D eigenvalue weighted by Crippen LogP contribution is 2.30. The van der Waals surface area contributed by atoms with Gasteiger partial charge < -0.3 is 10.3 Å². The van der Waals surface area contributed by atoms with Crippen LogP contribution in [0.4, 0.5) is 5.13 Å². The van der Waals surface area contributed by atoms with Crippen molar-refractivity contribution in [1.82, 2.24) is 14.7 Å². The number of rotatable bonds is 8. The van der Waals surface area contributed by atoms with E-state index in [9.17, 15) is 18.0 Å². The molecule has 0 fully saturated rings. The van der Waals surface area contributed by atoms with Crippen LogP contribution in [0.5, 0.6) is 0 Å². The Morgan fingerprint density at radius 3 is 2.75 bits per heavy atom. The van der Waals surface area contributed by atoms with E-state index in [-0.39, 0.29) is 29.6 Å². The number of ketones is 1. The summed E-state index contributed by atoms with van der Waals surface area (Å²) in [6.45, 7) is 1.28. The maximum Gasteiger partial charge on any atom is 0.240 e. The lowest BCUT2D eigenvalue weighted by atomic mass is 10.1. The number of H-pyrrole nitrogens is 1. The first kappa shape index (κ1) is 21.9. The fraction of sp³-hybridized carbons (Fsp3) is 0.136. The molecule has 10 heteroatoms. The average molecular weight is 469 g/mol. The highest BCUT2D eigenvalue weighted by Gasteiger charge is 2.16. The lowest BCUT2D eigenvalue weighted by Gasteiger charge is -2.07. The van der Waals surface area contributed by atoms with Crippen LogP contribution in [0.1, 0.15) is 23.7 Å². The largest absolute Gasteiger partial charge is 0.360 e. The molecule has 0 bridgehead atoms. The number of carbonyl (C=O) groups is 2. The Hall–Kier alpha value is -3.34. The minimum atomic E-state index is -3.83. The van der Waals surface area contributed by atoms with Gasteiger partial charge in [0.2, 0.25) is 15.9 Å². The van der Waals surface area contributed by atoms with E-state index < -0.39 is 10.0 Å². The molecule has 164 valence electrons. The number of fused-ring (bicyclic) bond motifs is 1. The third-order valence-corrected chi connectivity index (χ3v) is 7.03. The Morgan fingerprint density at radius 1 is 1.12 bits per heavy atom. The maximum atomic E-state index is 12.4. The Labute approximate surface area is 188 Å². The summed E-state index contributed by atoms with van der Waals surface area (Å²) in [4.78, 5) is 31.4. The van der Waals surface area contributed by atoms with Crippen molar-refractivity contribution in [2.75, 3.05) is 11.9 Å². The number of benzene rings is 2. The van der Waals surface area contributed by atoms with Crippen LogP contribution < -0.4 is 10.0 Å². The van der Waals surface area contributed by atoms with Crippen LogP contribution in [0.15, 0.2) is 65.0 Å². The molecule has 3 N–H and O–H groups in total. The zero-order valence-electron chi connectivity index (χ0n) is 17.1. The molecule has 1 amide bonds. The Bertz CT molecular complexity index is 1410. The molecule has 0 saturated heterocycles. The van der Waals surface area contributed by atoms with Crippen molar-refractivity contribution in [2.24, 2.45) is 0 Å². The summed E-state index contributed by atoms with van der Waals surface area (Å²) >= 11 is 1.30. The molecule has 0 aliphatic carbocycles. The number of carbonyl (C=O) groups excluding carboxylic acids is 2. The number of amides is 1. The number of hydrogen-bond acceptors (Lipinski definition) is 6. The first-order valence-electron chi connectivity index (χ1n) is 9.76. The summed E-state index contributed by atoms with van der Waals surface area (Å²) in [6, 6.07) is 13.6. The summed E-state index contributed by atoms with van der Waals surface area (Å²) in [7, 11) is -3.83. The lowest BCUT2D eigenvalue weighted by molar-refractivity contribution is -0.116. The van der Waals surface area contributed by atoms with Gasteiger partial charge in [-0.1, -0.05) is 30.3 Å². The van der Waals surface area contributed by atoms with Crippen molar-refractivity contribution in [3.63, 3.8) is 0 Å². The third kappa shape index (κ3) is 4.77. The van der Waals surface area contributed by atoms with E-state index in [1.807, 2.05) is 35.8 Å². The van der Waals surface area contributed by atoms with E-state index in [0.717, 1.165) is 22.2 Å². The highest BCUT2D eigenvalue weighted by atomic mass is 32.2. The van der Waals surface area contributed by atoms with E-state index in [1.165, 1.54) is 36.5 Å². The number of anilines is 1. The first-order chi connectivity index (χ1) is 15.3. The van der Waals surface area contributed by atoms with E-state index >= 15 is 0 Å². The molecule has 4 aromatic rings. The zero-order valence-corrected chi connectivity index (χ0v) is 18.7. The van der Waals surface area contributed by atoms with Crippen LogP contribution in [0.3, 0.4) is 0 Å². The molecule has 32 heavy (non-hydrogen) atoms. The Morgan fingerprint density at radius 2 is 1.94 bits per heavy atom. The van der Waals surface area contributed by atoms with Gasteiger partial charge in [0.05, 0.1) is 10.6 Å². The van der Waals surface area contributed by atoms with Gasteiger partial charge in [-0.05, 0) is 25.1 Å². The molecule has 0 aliphatic rings. The SMILES string of the molecule is CC(=O)c1cccc(S(=O)(=O)NCCC(=O)Nc2nc(-c3c[nH]c4ccccc34)cs2)c1. The molecule has 0 unspecified atom stereocenters. The molecule has 2 aromatic carbocycles. The zero-order chi connectivity index (χ0) is 22.7. The standard InChI is InChI=1S/C22H20N4O4S2/c1-14(27)15-5-4-6-16(11-15)32(29,30)24-10-9-21(28)26-22-25-20(13-31-22)18-12-23-19-8-3-2-7-17(18)19/h2-8,11-13,23-24H,9-10H2,1H3,(H,25,26,28). The molecular weight excluding hydrogens is 448 g/mol. The number of nitrogens with zero attached hydrogens (tertiary/aromatic N) is 1. The highest BCUT2D eigenvalue weighted by molar-refractivity contribution is 7.89. The quantitative estimate of drug-likeness (QED) is 0.340. The maximum absolute atomic E-state index is 12.4. The smallest absolute Gasteiger partial charge is 0.240 e. The molecule has 2 aromatic heterocycles. The first-order valence-corrected chi connectivity index (χ1v) is 12.1. The van der Waals surface area contributed by atoms with Gasteiger partial charge in [-0.2, -0.15) is 0 Å². The van der Waals surface area contributed by atoms with Crippen LogP contribution in [0.2, 0.25) is 0 Å². The number of aromatic nitrogens is 2. The van der Waals surface area contributed by atoms with Crippen LogP contribution in [0.25, 0.3) is 22.2 Å². The molecule has 0 atom stereocenters. The number of thiazole rings is 1. The lowest BCUT2D eigenvalue weighted by Crippen LogP contribution is -2.28. The van der Waals surface area contributed by atoms with Crippen molar-refractivity contribution in [3.8, 4) is 11.3 Å². The molecule has 0 spiro atoms. The summed E-state index contributed by atoms with van der Waals surface area (Å²) in [5.74, 6) is -0.582. The summed E-state index contributed by atoms with van der Waals surface area (Å²) in [5.41, 5.74) is 2.99. The Balaban J connectivity index is 1.35. The van der Waals surface area contributed by atoms with Gasteiger partial charge in [0.1, 0.15) is 0 Å². The number of nitrogens with one attached hydrogen (secondary N) is 3. The van der Waals surface area contributed by atoms with Crippen molar-refractivity contribution in [2.45, 2.75) is 18.2 Å². The second kappa shape index (κ2) is 9.03. The molecular formula is C22H20N4O4S2. The van der Waals surface area contributed by atoms with Gasteiger partial charge in [-0.3, -0.25) is 9.59 Å². The molecule has 4 rings (SSSR count). The predicted molar refractivity (Wildman–Crippen MR) is 124 cm³/mol. The number of aromatic amines is 1. The second-order valence-corrected chi connectivity index (χ2v) is 9.69. The van der Waals surface area contributed by atoms with Crippen LogP contribution in [-0.2, 0) is 14.8 Å². The van der Waals surface area contributed by atoms with Crippen molar-refractivity contribution >= 4 is 49.1 Å². The van der Waals surface area contributed by atoms with Crippen LogP contribution in [-0.4, -0.2) is 36.6 Å². The number of Topliss-reactive ketones (excluding diaryl/α,β-unsaturated/α-hetero) is 1. The van der Waals surface area contributed by atoms with Gasteiger partial charge in [-0.15, -0.1) is 11.3 Å². The van der Waals surface area contributed by atoms with Gasteiger partial charge in [0.25, 0.3) is 0 Å². The predicted octanol–water partition coefficient (Wildman–Crippen LogP) is 3.80. The van der Waals surface area contributed by atoms with Crippen molar-refractivity contribution in [3.05, 3.63) is 65.7 Å². The Kier molecular flexibility index (Phi) is 6.17. The van der Waals surface area contributed by atoms with E-state index in [2.05, 4.69) is 20.0 Å². The fourth-order valence-corrected chi connectivity index (χ4v) is 4.99. The molecule has 0 saturated carbocycles. The van der Waals surface area contributed by atoms with Crippen molar-refractivity contribution in [1.29, 1.82) is 0 Å². The summed E-state index contributed by atoms with van der Waals surface area (Å²) < 4.78 is 27.2. The van der Waals surface area contributed by atoms with Crippen LogP contribution in [0, 0.1) is 0 Å².